The SMILES string of the molecule is CCn1cc(C(=O)N[C@H](C)CC(=O)c2cccs2)cn1. The van der Waals surface area contributed by atoms with E-state index in [0.29, 0.717) is 12.0 Å². The van der Waals surface area contributed by atoms with E-state index in [1.165, 1.54) is 17.5 Å². The van der Waals surface area contributed by atoms with E-state index in [1.54, 1.807) is 16.9 Å². The predicted octanol–water partition coefficient (Wildman–Crippen LogP) is 2.36. The van der Waals surface area contributed by atoms with Crippen LogP contribution in [-0.4, -0.2) is 27.5 Å². The minimum Gasteiger partial charge on any atom is -0.349 e. The lowest BCUT2D eigenvalue weighted by atomic mass is 10.1. The molecule has 0 radical (unpaired) electrons. The van der Waals surface area contributed by atoms with Gasteiger partial charge in [0.05, 0.1) is 16.6 Å². The highest BCUT2D eigenvalue weighted by molar-refractivity contribution is 7.12. The quantitative estimate of drug-likeness (QED) is 0.831. The number of aromatic nitrogens is 2. The van der Waals surface area contributed by atoms with Crippen LogP contribution >= 0.6 is 11.3 Å². The van der Waals surface area contributed by atoms with Gasteiger partial charge in [-0.1, -0.05) is 6.07 Å². The number of rotatable bonds is 6. The molecule has 2 aromatic rings. The van der Waals surface area contributed by atoms with Gasteiger partial charge in [0.25, 0.3) is 5.91 Å². The minimum absolute atomic E-state index is 0.0528. The third-order valence-corrected chi connectivity index (χ3v) is 3.80. The van der Waals surface area contributed by atoms with Crippen LogP contribution in [0, 0.1) is 0 Å². The molecule has 1 N–H and O–H groups in total. The third kappa shape index (κ3) is 3.54. The van der Waals surface area contributed by atoms with Gasteiger partial charge in [0.1, 0.15) is 0 Å². The Morgan fingerprint density at radius 3 is 2.90 bits per heavy atom. The minimum atomic E-state index is -0.206. The van der Waals surface area contributed by atoms with Gasteiger partial charge in [-0.25, -0.2) is 0 Å². The van der Waals surface area contributed by atoms with Crippen molar-refractivity contribution in [3.05, 3.63) is 40.3 Å². The molecule has 0 spiro atoms. The zero-order chi connectivity index (χ0) is 14.5. The maximum atomic E-state index is 12.0. The summed E-state index contributed by atoms with van der Waals surface area (Å²) in [5, 5.41) is 8.74. The first-order valence-corrected chi connectivity index (χ1v) is 7.38. The molecule has 0 saturated heterocycles. The van der Waals surface area contributed by atoms with E-state index < -0.39 is 0 Å². The molecule has 0 aliphatic carbocycles. The van der Waals surface area contributed by atoms with Gasteiger partial charge in [-0.05, 0) is 25.3 Å². The molecule has 2 rings (SSSR count). The van der Waals surface area contributed by atoms with Gasteiger partial charge in [-0.15, -0.1) is 11.3 Å². The Kier molecular flexibility index (Phi) is 4.68. The summed E-state index contributed by atoms with van der Waals surface area (Å²) < 4.78 is 1.69. The Morgan fingerprint density at radius 1 is 1.50 bits per heavy atom. The van der Waals surface area contributed by atoms with Crippen molar-refractivity contribution in [2.45, 2.75) is 32.9 Å². The summed E-state index contributed by atoms with van der Waals surface area (Å²) >= 11 is 1.42. The van der Waals surface area contributed by atoms with E-state index in [9.17, 15) is 9.59 Å². The molecule has 0 aliphatic heterocycles. The normalized spacial score (nSPS) is 12.1. The fourth-order valence-electron chi connectivity index (χ4n) is 1.83. The zero-order valence-electron chi connectivity index (χ0n) is 11.5. The molecule has 6 heteroatoms. The summed E-state index contributed by atoms with van der Waals surface area (Å²) in [6.45, 7) is 4.50. The van der Waals surface area contributed by atoms with Gasteiger partial charge >= 0.3 is 0 Å². The summed E-state index contributed by atoms with van der Waals surface area (Å²) in [5.41, 5.74) is 0.516. The molecule has 20 heavy (non-hydrogen) atoms. The van der Waals surface area contributed by atoms with Gasteiger partial charge < -0.3 is 5.32 Å². The van der Waals surface area contributed by atoms with Crippen molar-refractivity contribution in [1.82, 2.24) is 15.1 Å². The van der Waals surface area contributed by atoms with Crippen molar-refractivity contribution < 1.29 is 9.59 Å². The maximum absolute atomic E-state index is 12.0. The smallest absolute Gasteiger partial charge is 0.254 e. The number of carbonyl (C=O) groups excluding carboxylic acids is 2. The molecule has 5 nitrogen and oxygen atoms in total. The Hall–Kier alpha value is -1.95. The van der Waals surface area contributed by atoms with E-state index in [4.69, 9.17) is 0 Å². The highest BCUT2D eigenvalue weighted by Crippen LogP contribution is 2.12. The number of hydrogen-bond acceptors (Lipinski definition) is 4. The Bertz CT molecular complexity index is 589. The number of nitrogens with zero attached hydrogens (tertiary/aromatic N) is 2. The summed E-state index contributed by atoms with van der Waals surface area (Å²) in [6.07, 6.45) is 3.53. The molecule has 106 valence electrons. The van der Waals surface area contributed by atoms with Crippen LogP contribution in [0.2, 0.25) is 0 Å². The van der Waals surface area contributed by atoms with Gasteiger partial charge in [0.15, 0.2) is 5.78 Å². The number of thiophene rings is 1. The Labute approximate surface area is 121 Å². The van der Waals surface area contributed by atoms with E-state index in [-0.39, 0.29) is 17.7 Å². The van der Waals surface area contributed by atoms with Crippen LogP contribution in [0.25, 0.3) is 0 Å². The second kappa shape index (κ2) is 6.47. The second-order valence-corrected chi connectivity index (χ2v) is 5.51. The van der Waals surface area contributed by atoms with Crippen LogP contribution in [-0.2, 0) is 6.54 Å². The lowest BCUT2D eigenvalue weighted by Crippen LogP contribution is -2.34. The lowest BCUT2D eigenvalue weighted by Gasteiger charge is -2.11. The first-order chi connectivity index (χ1) is 9.60. The van der Waals surface area contributed by atoms with E-state index in [0.717, 1.165) is 11.4 Å². The largest absolute Gasteiger partial charge is 0.349 e. The van der Waals surface area contributed by atoms with E-state index in [2.05, 4.69) is 10.4 Å². The molecule has 1 atom stereocenters. The Balaban J connectivity index is 1.89. The fraction of sp³-hybridized carbons (Fsp3) is 0.357. The molecule has 0 bridgehead atoms. The standard InChI is InChI=1S/C14H17N3O2S/c1-3-17-9-11(8-15-17)14(19)16-10(2)7-12(18)13-5-4-6-20-13/h4-6,8-10H,3,7H2,1-2H3,(H,16,19)/t10-/m1/s1. The van der Waals surface area contributed by atoms with Crippen LogP contribution in [0.4, 0.5) is 0 Å². The van der Waals surface area contributed by atoms with Crippen molar-refractivity contribution in [2.75, 3.05) is 0 Å². The molecule has 1 amide bonds. The summed E-state index contributed by atoms with van der Waals surface area (Å²) in [6, 6.07) is 3.44. The van der Waals surface area contributed by atoms with Crippen LogP contribution in [0.5, 0.6) is 0 Å². The van der Waals surface area contributed by atoms with Crippen molar-refractivity contribution in [2.24, 2.45) is 0 Å². The summed E-state index contributed by atoms with van der Waals surface area (Å²) in [7, 11) is 0. The number of aryl methyl sites for hydroxylation is 1. The van der Waals surface area contributed by atoms with Crippen molar-refractivity contribution in [3.63, 3.8) is 0 Å². The third-order valence-electron chi connectivity index (χ3n) is 2.88. The van der Waals surface area contributed by atoms with Gasteiger partial charge in [-0.3, -0.25) is 14.3 Å². The fourth-order valence-corrected chi connectivity index (χ4v) is 2.50. The first-order valence-electron chi connectivity index (χ1n) is 6.50. The van der Waals surface area contributed by atoms with Crippen molar-refractivity contribution in [3.8, 4) is 0 Å². The Morgan fingerprint density at radius 2 is 2.30 bits per heavy atom. The molecule has 0 fully saturated rings. The number of carbonyl (C=O) groups is 2. The van der Waals surface area contributed by atoms with Crippen LogP contribution in [0.1, 0.15) is 40.3 Å². The molecule has 0 saturated carbocycles. The molecular weight excluding hydrogens is 274 g/mol. The van der Waals surface area contributed by atoms with Gasteiger partial charge in [0.2, 0.25) is 0 Å². The highest BCUT2D eigenvalue weighted by atomic mass is 32.1. The summed E-state index contributed by atoms with van der Waals surface area (Å²) in [5.74, 6) is -0.145. The molecule has 2 heterocycles. The number of nitrogens with one attached hydrogen (secondary N) is 1. The second-order valence-electron chi connectivity index (χ2n) is 4.56. The van der Waals surface area contributed by atoms with Crippen LogP contribution < -0.4 is 5.32 Å². The molecule has 0 unspecified atom stereocenters. The number of amides is 1. The first kappa shape index (κ1) is 14.5. The highest BCUT2D eigenvalue weighted by Gasteiger charge is 2.16. The van der Waals surface area contributed by atoms with Crippen LogP contribution in [0.15, 0.2) is 29.9 Å². The lowest BCUT2D eigenvalue weighted by molar-refractivity contribution is 0.0919. The van der Waals surface area contributed by atoms with Crippen molar-refractivity contribution in [1.29, 1.82) is 0 Å². The molecule has 2 aromatic heterocycles. The number of Topliss-reactive ketones (excluding diaryl/α,β-unsaturated/α-hetero) is 1. The van der Waals surface area contributed by atoms with Crippen LogP contribution in [0.3, 0.4) is 0 Å². The zero-order valence-corrected chi connectivity index (χ0v) is 12.3. The van der Waals surface area contributed by atoms with Gasteiger partial charge in [0, 0.05) is 25.2 Å². The average Bonchev–Trinajstić information content (AvgIpc) is 3.09. The number of hydrogen-bond donors (Lipinski definition) is 1. The average molecular weight is 291 g/mol. The molecular formula is C14H17N3O2S. The number of ketones is 1. The van der Waals surface area contributed by atoms with Gasteiger partial charge in [-0.2, -0.15) is 5.10 Å². The summed E-state index contributed by atoms with van der Waals surface area (Å²) in [4.78, 5) is 24.6. The molecule has 0 aliphatic rings. The van der Waals surface area contributed by atoms with Crippen molar-refractivity contribution >= 4 is 23.0 Å². The maximum Gasteiger partial charge on any atom is 0.254 e. The van der Waals surface area contributed by atoms with E-state index >= 15 is 0 Å². The molecule has 0 aromatic carbocycles. The topological polar surface area (TPSA) is 64.0 Å². The predicted molar refractivity (Wildman–Crippen MR) is 78.1 cm³/mol. The monoisotopic (exact) mass is 291 g/mol. The van der Waals surface area contributed by atoms with E-state index in [1.807, 2.05) is 25.3 Å².